The van der Waals surface area contributed by atoms with Crippen LogP contribution in [-0.4, -0.2) is 32.8 Å². The number of thioether (sulfide) groups is 1. The molecule has 0 unspecified atom stereocenters. The molecule has 3 heterocycles. The lowest BCUT2D eigenvalue weighted by Gasteiger charge is -2.67. The van der Waals surface area contributed by atoms with Crippen LogP contribution in [0.5, 0.6) is 5.75 Å². The molecule has 3 aromatic rings. The van der Waals surface area contributed by atoms with Gasteiger partial charge in [0, 0.05) is 34.0 Å². The zero-order valence-electron chi connectivity index (χ0n) is 18.3. The summed E-state index contributed by atoms with van der Waals surface area (Å²) in [5.41, 5.74) is 1.52. The first-order chi connectivity index (χ1) is 16.5. The summed E-state index contributed by atoms with van der Waals surface area (Å²) in [5.74, 6) is 0.0716. The number of amides is 1. The van der Waals surface area contributed by atoms with E-state index in [-0.39, 0.29) is 29.6 Å². The summed E-state index contributed by atoms with van der Waals surface area (Å²) in [6, 6.07) is 13.8. The topological polar surface area (TPSA) is 65.8 Å². The maximum Gasteiger partial charge on any atom is 0.278 e. The highest BCUT2D eigenvalue weighted by Crippen LogP contribution is 2.61. The minimum atomic E-state index is -0.595. The van der Waals surface area contributed by atoms with E-state index in [1.54, 1.807) is 22.5 Å². The van der Waals surface area contributed by atoms with Crippen molar-refractivity contribution in [3.63, 3.8) is 0 Å². The van der Waals surface area contributed by atoms with Crippen LogP contribution in [0, 0.1) is 11.7 Å². The standard InChI is InChI=1S/C26H22FN3O3S/c27-18-6-3-4-16-13-34-20-7-2-1-5-17(20)22(21(16)18)30-14-28(26-10-15(11-26)12-26)25(33)23-24(32)19(31)8-9-29(23)30/h1-9,15,22,32H,10-14H2/t15?,22-,26?/m1/s1. The first-order valence-corrected chi connectivity index (χ1v) is 12.5. The number of rotatable bonds is 2. The molecule has 8 heteroatoms. The first-order valence-electron chi connectivity index (χ1n) is 11.5. The van der Waals surface area contributed by atoms with Gasteiger partial charge in [-0.05, 0) is 48.4 Å². The van der Waals surface area contributed by atoms with E-state index in [0.717, 1.165) is 35.3 Å². The lowest BCUT2D eigenvalue weighted by molar-refractivity contribution is -0.128. The van der Waals surface area contributed by atoms with E-state index in [1.165, 1.54) is 18.3 Å². The molecule has 1 N–H and O–H groups in total. The van der Waals surface area contributed by atoms with Crippen molar-refractivity contribution < 1.29 is 14.3 Å². The average Bonchev–Trinajstić information content (AvgIpc) is 2.94. The molecule has 172 valence electrons. The second-order valence-electron chi connectivity index (χ2n) is 9.78. The van der Waals surface area contributed by atoms with Gasteiger partial charge in [0.15, 0.2) is 11.4 Å². The third-order valence-electron chi connectivity index (χ3n) is 7.95. The zero-order valence-corrected chi connectivity index (χ0v) is 19.1. The van der Waals surface area contributed by atoms with Gasteiger partial charge in [-0.3, -0.25) is 19.3 Å². The maximum atomic E-state index is 15.5. The van der Waals surface area contributed by atoms with E-state index in [1.807, 2.05) is 40.2 Å². The number of aromatic nitrogens is 1. The second-order valence-corrected chi connectivity index (χ2v) is 10.8. The molecule has 3 fully saturated rings. The Kier molecular flexibility index (Phi) is 4.08. The Morgan fingerprint density at radius 2 is 1.82 bits per heavy atom. The Morgan fingerprint density at radius 3 is 2.59 bits per heavy atom. The maximum absolute atomic E-state index is 15.5. The zero-order chi connectivity index (χ0) is 23.2. The molecule has 2 aromatic carbocycles. The van der Waals surface area contributed by atoms with Gasteiger partial charge in [0.1, 0.15) is 18.5 Å². The van der Waals surface area contributed by atoms with Crippen molar-refractivity contribution >= 4 is 17.7 Å². The van der Waals surface area contributed by atoms with Crippen LogP contribution >= 0.6 is 11.8 Å². The Morgan fingerprint density at radius 1 is 1.03 bits per heavy atom. The van der Waals surface area contributed by atoms with Crippen LogP contribution in [0.15, 0.2) is 64.4 Å². The van der Waals surface area contributed by atoms with E-state index in [9.17, 15) is 14.7 Å². The van der Waals surface area contributed by atoms with Crippen molar-refractivity contribution in [3.05, 3.63) is 93.2 Å². The van der Waals surface area contributed by atoms with Gasteiger partial charge in [0.05, 0.1) is 0 Å². The number of hydrogen-bond acceptors (Lipinski definition) is 5. The molecule has 34 heavy (non-hydrogen) atoms. The minimum absolute atomic E-state index is 0.0456. The molecule has 5 aliphatic rings. The molecule has 0 spiro atoms. The average molecular weight is 476 g/mol. The van der Waals surface area contributed by atoms with Gasteiger partial charge in [-0.25, -0.2) is 4.39 Å². The van der Waals surface area contributed by atoms with E-state index >= 15 is 4.39 Å². The number of pyridine rings is 1. The quantitative estimate of drug-likeness (QED) is 0.607. The summed E-state index contributed by atoms with van der Waals surface area (Å²) >= 11 is 1.66. The summed E-state index contributed by atoms with van der Waals surface area (Å²) < 4.78 is 17.1. The number of benzene rings is 2. The molecule has 6 nitrogen and oxygen atoms in total. The monoisotopic (exact) mass is 475 g/mol. The van der Waals surface area contributed by atoms with Gasteiger partial charge >= 0.3 is 0 Å². The molecule has 3 aliphatic carbocycles. The van der Waals surface area contributed by atoms with Crippen LogP contribution in [0.25, 0.3) is 0 Å². The van der Waals surface area contributed by atoms with Crippen LogP contribution in [0.1, 0.15) is 52.5 Å². The molecule has 1 amide bonds. The Hall–Kier alpha value is -3.26. The minimum Gasteiger partial charge on any atom is -0.502 e. The fourth-order valence-corrected chi connectivity index (χ4v) is 7.23. The lowest BCUT2D eigenvalue weighted by Crippen LogP contribution is -2.73. The van der Waals surface area contributed by atoms with Crippen LogP contribution in [0.2, 0.25) is 0 Å². The predicted molar refractivity (Wildman–Crippen MR) is 126 cm³/mol. The third-order valence-corrected chi connectivity index (χ3v) is 9.09. The van der Waals surface area contributed by atoms with Gasteiger partial charge in [-0.15, -0.1) is 11.8 Å². The third kappa shape index (κ3) is 2.57. The summed E-state index contributed by atoms with van der Waals surface area (Å²) in [7, 11) is 0. The van der Waals surface area contributed by atoms with Crippen molar-refractivity contribution in [3.8, 4) is 5.75 Å². The number of nitrogens with zero attached hydrogens (tertiary/aromatic N) is 3. The Balaban J connectivity index is 1.49. The number of hydrogen-bond donors (Lipinski definition) is 1. The summed E-state index contributed by atoms with van der Waals surface area (Å²) in [6.45, 7) is 0.248. The van der Waals surface area contributed by atoms with E-state index in [2.05, 4.69) is 0 Å². The fraction of sp³-hybridized carbons (Fsp3) is 0.308. The SMILES string of the molecule is O=C1c2c(O)c(=O)ccn2N([C@@H]2c3ccccc3SCc3cccc(F)c32)CN1C12CC(C1)C2. The molecule has 0 radical (unpaired) electrons. The fourth-order valence-electron chi connectivity index (χ4n) is 6.14. The first kappa shape index (κ1) is 20.1. The smallest absolute Gasteiger partial charge is 0.278 e. The van der Waals surface area contributed by atoms with Crippen molar-refractivity contribution in [2.24, 2.45) is 5.92 Å². The molecular weight excluding hydrogens is 453 g/mol. The predicted octanol–water partition coefficient (Wildman–Crippen LogP) is 3.99. The summed E-state index contributed by atoms with van der Waals surface area (Å²) in [5, 5.41) is 12.7. The van der Waals surface area contributed by atoms with Crippen molar-refractivity contribution in [2.75, 3.05) is 11.7 Å². The number of halogens is 1. The lowest BCUT2D eigenvalue weighted by atomic mass is 9.49. The summed E-state index contributed by atoms with van der Waals surface area (Å²) in [6.07, 6.45) is 4.33. The summed E-state index contributed by atoms with van der Waals surface area (Å²) in [4.78, 5) is 28.8. The van der Waals surface area contributed by atoms with E-state index in [0.29, 0.717) is 17.2 Å². The van der Waals surface area contributed by atoms with Gasteiger partial charge in [0.25, 0.3) is 5.91 Å². The van der Waals surface area contributed by atoms with Gasteiger partial charge in [-0.1, -0.05) is 30.3 Å². The highest BCUT2D eigenvalue weighted by molar-refractivity contribution is 7.98. The number of aromatic hydroxyl groups is 1. The van der Waals surface area contributed by atoms with Gasteiger partial charge < -0.3 is 10.0 Å². The van der Waals surface area contributed by atoms with Crippen molar-refractivity contribution in [1.29, 1.82) is 0 Å². The highest BCUT2D eigenvalue weighted by atomic mass is 32.2. The van der Waals surface area contributed by atoms with Crippen LogP contribution in [-0.2, 0) is 5.75 Å². The van der Waals surface area contributed by atoms with Crippen LogP contribution < -0.4 is 10.4 Å². The molecular formula is C26H22FN3O3S. The normalized spacial score (nSPS) is 26.6. The van der Waals surface area contributed by atoms with Crippen LogP contribution in [0.4, 0.5) is 4.39 Å². The molecule has 1 aromatic heterocycles. The highest BCUT2D eigenvalue weighted by Gasteiger charge is 2.62. The molecule has 3 saturated carbocycles. The van der Waals surface area contributed by atoms with E-state index < -0.39 is 17.2 Å². The number of carbonyl (C=O) groups excluding carboxylic acids is 1. The van der Waals surface area contributed by atoms with E-state index in [4.69, 9.17) is 0 Å². The molecule has 8 rings (SSSR count). The largest absolute Gasteiger partial charge is 0.502 e. The molecule has 2 aliphatic heterocycles. The number of fused-ring (bicyclic) bond motifs is 3. The van der Waals surface area contributed by atoms with Gasteiger partial charge in [-0.2, -0.15) is 0 Å². The van der Waals surface area contributed by atoms with Crippen LogP contribution in [0.3, 0.4) is 0 Å². The van der Waals surface area contributed by atoms with Gasteiger partial charge in [0.2, 0.25) is 5.43 Å². The van der Waals surface area contributed by atoms with Crippen molar-refractivity contribution in [1.82, 2.24) is 9.58 Å². The Bertz CT molecular complexity index is 1420. The molecule has 1 atom stereocenters. The molecule has 0 saturated heterocycles. The second kappa shape index (κ2) is 6.88. The number of carbonyl (C=O) groups is 1. The molecule has 2 bridgehead atoms. The Labute approximate surface area is 199 Å². The van der Waals surface area contributed by atoms with Crippen molar-refractivity contribution in [2.45, 2.75) is 41.5 Å².